The van der Waals surface area contributed by atoms with Crippen LogP contribution in [0.3, 0.4) is 0 Å². The molecule has 16 heavy (non-hydrogen) atoms. The highest BCUT2D eigenvalue weighted by molar-refractivity contribution is 5.37. The Hall–Kier alpha value is -1.64. The van der Waals surface area contributed by atoms with Gasteiger partial charge >= 0.3 is 0 Å². The van der Waals surface area contributed by atoms with Crippen LogP contribution in [0.25, 0.3) is 0 Å². The number of rotatable bonds is 4. The fourth-order valence-electron chi connectivity index (χ4n) is 1.45. The molecule has 1 aromatic heterocycles. The number of nitriles is 1. The number of pyridine rings is 1. The van der Waals surface area contributed by atoms with Crippen molar-refractivity contribution in [2.75, 3.05) is 13.7 Å². The van der Waals surface area contributed by atoms with Crippen LogP contribution in [0, 0.1) is 18.3 Å². The van der Waals surface area contributed by atoms with Crippen LogP contribution in [0.5, 0.6) is 0 Å². The molecule has 0 aromatic carbocycles. The molecule has 0 fully saturated rings. The van der Waals surface area contributed by atoms with Gasteiger partial charge in [-0.1, -0.05) is 0 Å². The topological polar surface area (TPSA) is 75.1 Å². The molecule has 0 radical (unpaired) electrons. The number of methoxy groups -OCH3 is 1. The normalized spacial score (nSPS) is 12.1. The monoisotopic (exact) mass is 222 g/mol. The van der Waals surface area contributed by atoms with E-state index in [1.165, 1.54) is 7.11 Å². The Labute approximate surface area is 93.6 Å². The van der Waals surface area contributed by atoms with E-state index in [2.05, 4.69) is 4.98 Å². The number of aromatic amines is 1. The molecule has 0 saturated heterocycles. The molecule has 1 rings (SSSR count). The molecule has 1 N–H and O–H groups in total. The van der Waals surface area contributed by atoms with E-state index in [0.29, 0.717) is 17.9 Å². The fourth-order valence-corrected chi connectivity index (χ4v) is 1.45. The Morgan fingerprint density at radius 2 is 2.31 bits per heavy atom. The molecule has 5 heteroatoms. The van der Waals surface area contributed by atoms with Gasteiger partial charge in [-0.05, 0) is 19.9 Å². The molecule has 1 heterocycles. The number of aromatic nitrogens is 1. The average molecular weight is 222 g/mol. The third kappa shape index (κ3) is 2.48. The van der Waals surface area contributed by atoms with Crippen molar-refractivity contribution in [2.45, 2.75) is 20.1 Å². The lowest BCUT2D eigenvalue weighted by molar-refractivity contribution is -0.124. The minimum atomic E-state index is -0.680. The molecule has 0 spiro atoms. The van der Waals surface area contributed by atoms with Crippen molar-refractivity contribution in [1.82, 2.24) is 4.98 Å². The SMILES string of the molecule is CCOC(OC)c1cc(C)[nH]c(=O)c1C#N. The maximum absolute atomic E-state index is 11.5. The van der Waals surface area contributed by atoms with E-state index in [0.717, 1.165) is 0 Å². The highest BCUT2D eigenvalue weighted by Gasteiger charge is 2.17. The third-order valence-corrected chi connectivity index (χ3v) is 2.10. The summed E-state index contributed by atoms with van der Waals surface area (Å²) in [6.45, 7) is 4.00. The Balaban J connectivity index is 3.30. The van der Waals surface area contributed by atoms with Gasteiger partial charge in [0.1, 0.15) is 11.6 Å². The van der Waals surface area contributed by atoms with Crippen LogP contribution in [0.15, 0.2) is 10.9 Å². The van der Waals surface area contributed by atoms with Crippen molar-refractivity contribution >= 4 is 0 Å². The first-order chi connectivity index (χ1) is 7.63. The predicted octanol–water partition coefficient (Wildman–Crippen LogP) is 1.24. The first-order valence-corrected chi connectivity index (χ1v) is 4.92. The number of nitrogens with one attached hydrogen (secondary N) is 1. The van der Waals surface area contributed by atoms with Crippen molar-refractivity contribution < 1.29 is 9.47 Å². The first-order valence-electron chi connectivity index (χ1n) is 4.92. The maximum Gasteiger partial charge on any atom is 0.266 e. The lowest BCUT2D eigenvalue weighted by Gasteiger charge is -2.16. The second kappa shape index (κ2) is 5.45. The molecule has 1 unspecified atom stereocenters. The van der Waals surface area contributed by atoms with Crippen molar-refractivity contribution in [3.05, 3.63) is 33.2 Å². The molecule has 0 bridgehead atoms. The van der Waals surface area contributed by atoms with Crippen molar-refractivity contribution in [1.29, 1.82) is 5.26 Å². The molecular formula is C11H14N2O3. The van der Waals surface area contributed by atoms with Gasteiger partial charge in [-0.25, -0.2) is 0 Å². The summed E-state index contributed by atoms with van der Waals surface area (Å²) in [5.74, 6) is 0. The van der Waals surface area contributed by atoms with E-state index in [9.17, 15) is 4.79 Å². The van der Waals surface area contributed by atoms with Gasteiger partial charge in [-0.15, -0.1) is 0 Å². The van der Waals surface area contributed by atoms with Crippen LogP contribution in [-0.4, -0.2) is 18.7 Å². The van der Waals surface area contributed by atoms with E-state index in [4.69, 9.17) is 14.7 Å². The molecular weight excluding hydrogens is 208 g/mol. The lowest BCUT2D eigenvalue weighted by Crippen LogP contribution is -2.18. The van der Waals surface area contributed by atoms with Gasteiger partial charge in [0.05, 0.1) is 0 Å². The van der Waals surface area contributed by atoms with Crippen LogP contribution in [-0.2, 0) is 9.47 Å². The average Bonchev–Trinajstić information content (AvgIpc) is 2.25. The summed E-state index contributed by atoms with van der Waals surface area (Å²) in [4.78, 5) is 14.1. The first kappa shape index (κ1) is 12.4. The molecule has 0 aliphatic carbocycles. The quantitative estimate of drug-likeness (QED) is 0.777. The van der Waals surface area contributed by atoms with Crippen molar-refractivity contribution in [3.8, 4) is 6.07 Å². The standard InChI is InChI=1S/C11H14N2O3/c1-4-16-11(15-3)8-5-7(2)13-10(14)9(8)6-12/h5,11H,4H2,1-3H3,(H,13,14). The number of hydrogen-bond acceptors (Lipinski definition) is 4. The van der Waals surface area contributed by atoms with Crippen LogP contribution >= 0.6 is 0 Å². The molecule has 1 aromatic rings. The van der Waals surface area contributed by atoms with Gasteiger partial charge in [0, 0.05) is 25.0 Å². The predicted molar refractivity (Wildman–Crippen MR) is 57.9 cm³/mol. The van der Waals surface area contributed by atoms with Gasteiger partial charge in [-0.2, -0.15) is 5.26 Å². The summed E-state index contributed by atoms with van der Waals surface area (Å²) in [6.07, 6.45) is -0.680. The highest BCUT2D eigenvalue weighted by Crippen LogP contribution is 2.20. The van der Waals surface area contributed by atoms with Crippen LogP contribution in [0.4, 0.5) is 0 Å². The second-order valence-corrected chi connectivity index (χ2v) is 3.25. The third-order valence-electron chi connectivity index (χ3n) is 2.10. The zero-order valence-corrected chi connectivity index (χ0v) is 9.53. The Bertz CT molecular complexity index is 459. The minimum absolute atomic E-state index is 0.0332. The van der Waals surface area contributed by atoms with Crippen LogP contribution < -0.4 is 5.56 Å². The summed E-state index contributed by atoms with van der Waals surface area (Å²) in [5, 5.41) is 8.92. The maximum atomic E-state index is 11.5. The van der Waals surface area contributed by atoms with Crippen molar-refractivity contribution in [3.63, 3.8) is 0 Å². The lowest BCUT2D eigenvalue weighted by atomic mass is 10.1. The Morgan fingerprint density at radius 3 is 2.81 bits per heavy atom. The number of H-pyrrole nitrogens is 1. The number of nitrogens with zero attached hydrogens (tertiary/aromatic N) is 1. The van der Waals surface area contributed by atoms with E-state index in [1.807, 2.05) is 13.0 Å². The van der Waals surface area contributed by atoms with E-state index in [1.54, 1.807) is 13.0 Å². The zero-order valence-electron chi connectivity index (χ0n) is 9.53. The summed E-state index contributed by atoms with van der Waals surface area (Å²) in [6, 6.07) is 3.54. The molecule has 1 atom stereocenters. The van der Waals surface area contributed by atoms with Gasteiger partial charge in [0.2, 0.25) is 0 Å². The molecule has 0 aliphatic rings. The summed E-state index contributed by atoms with van der Waals surface area (Å²) >= 11 is 0. The van der Waals surface area contributed by atoms with Crippen molar-refractivity contribution in [2.24, 2.45) is 0 Å². The van der Waals surface area contributed by atoms with Gasteiger partial charge in [-0.3, -0.25) is 4.79 Å². The minimum Gasteiger partial charge on any atom is -0.352 e. The number of hydrogen-bond donors (Lipinski definition) is 1. The highest BCUT2D eigenvalue weighted by atomic mass is 16.7. The summed E-state index contributed by atoms with van der Waals surface area (Å²) in [5.41, 5.74) is 0.749. The zero-order chi connectivity index (χ0) is 12.1. The summed E-state index contributed by atoms with van der Waals surface area (Å²) in [7, 11) is 1.47. The van der Waals surface area contributed by atoms with Gasteiger partial charge in [0.25, 0.3) is 5.56 Å². The number of ether oxygens (including phenoxy) is 2. The molecule has 5 nitrogen and oxygen atoms in total. The molecule has 0 amide bonds. The second-order valence-electron chi connectivity index (χ2n) is 3.25. The fraction of sp³-hybridized carbons (Fsp3) is 0.455. The van der Waals surface area contributed by atoms with E-state index >= 15 is 0 Å². The summed E-state index contributed by atoms with van der Waals surface area (Å²) < 4.78 is 10.4. The van der Waals surface area contributed by atoms with E-state index in [-0.39, 0.29) is 5.56 Å². The molecule has 86 valence electrons. The largest absolute Gasteiger partial charge is 0.352 e. The molecule has 0 aliphatic heterocycles. The number of aryl methyl sites for hydroxylation is 1. The Morgan fingerprint density at radius 1 is 1.62 bits per heavy atom. The Kier molecular flexibility index (Phi) is 4.23. The van der Waals surface area contributed by atoms with Crippen LogP contribution in [0.1, 0.15) is 30.0 Å². The van der Waals surface area contributed by atoms with Gasteiger partial charge < -0.3 is 14.5 Å². The van der Waals surface area contributed by atoms with Gasteiger partial charge in [0.15, 0.2) is 6.29 Å². The van der Waals surface area contributed by atoms with Crippen LogP contribution in [0.2, 0.25) is 0 Å². The smallest absolute Gasteiger partial charge is 0.266 e. The van der Waals surface area contributed by atoms with E-state index < -0.39 is 11.8 Å². The molecule has 0 saturated carbocycles.